The summed E-state index contributed by atoms with van der Waals surface area (Å²) in [5.41, 5.74) is 1.45. The van der Waals surface area contributed by atoms with E-state index in [2.05, 4.69) is 0 Å². The fourth-order valence-corrected chi connectivity index (χ4v) is 3.44. The monoisotopic (exact) mass is 379 g/mol. The van der Waals surface area contributed by atoms with Crippen molar-refractivity contribution in [3.63, 3.8) is 0 Å². The standard InChI is InChI=1S/C23H25NO4/c1-16(22-14-18-6-3-4-8-21(18)28-22)24(2)23(25)17-9-11-19(12-10-17)27-15-20-7-5-13-26-20/h3-4,6,8-12,14,16,20H,5,7,13,15H2,1-2H3/t16-,20+/m0/s1. The number of para-hydroxylation sites is 1. The molecule has 28 heavy (non-hydrogen) atoms. The van der Waals surface area contributed by atoms with Gasteiger partial charge in [0.05, 0.1) is 12.1 Å². The Morgan fingerprint density at radius 3 is 2.71 bits per heavy atom. The first-order chi connectivity index (χ1) is 13.6. The maximum Gasteiger partial charge on any atom is 0.254 e. The molecule has 5 nitrogen and oxygen atoms in total. The number of furan rings is 1. The molecular weight excluding hydrogens is 354 g/mol. The minimum Gasteiger partial charge on any atom is -0.491 e. The van der Waals surface area contributed by atoms with Gasteiger partial charge in [-0.05, 0) is 56.2 Å². The molecule has 2 heterocycles. The van der Waals surface area contributed by atoms with Gasteiger partial charge in [-0.15, -0.1) is 0 Å². The van der Waals surface area contributed by atoms with Crippen LogP contribution in [0.25, 0.3) is 11.0 Å². The summed E-state index contributed by atoms with van der Waals surface area (Å²) in [7, 11) is 1.79. The Morgan fingerprint density at radius 2 is 2.00 bits per heavy atom. The van der Waals surface area contributed by atoms with E-state index in [-0.39, 0.29) is 18.1 Å². The molecule has 0 bridgehead atoms. The number of hydrogen-bond donors (Lipinski definition) is 0. The van der Waals surface area contributed by atoms with Crippen LogP contribution in [0.3, 0.4) is 0 Å². The lowest BCUT2D eigenvalue weighted by molar-refractivity contribution is 0.0678. The molecule has 1 aromatic heterocycles. The van der Waals surface area contributed by atoms with Crippen molar-refractivity contribution in [3.8, 4) is 5.75 Å². The summed E-state index contributed by atoms with van der Waals surface area (Å²) >= 11 is 0. The molecule has 5 heteroatoms. The van der Waals surface area contributed by atoms with E-state index < -0.39 is 0 Å². The zero-order valence-electron chi connectivity index (χ0n) is 16.3. The van der Waals surface area contributed by atoms with Crippen LogP contribution in [0.4, 0.5) is 0 Å². The van der Waals surface area contributed by atoms with Gasteiger partial charge >= 0.3 is 0 Å². The molecule has 1 aliphatic heterocycles. The van der Waals surface area contributed by atoms with Gasteiger partial charge in [0.25, 0.3) is 5.91 Å². The van der Waals surface area contributed by atoms with Gasteiger partial charge in [-0.25, -0.2) is 0 Å². The van der Waals surface area contributed by atoms with E-state index in [0.29, 0.717) is 12.2 Å². The number of carbonyl (C=O) groups excluding carboxylic acids is 1. The van der Waals surface area contributed by atoms with E-state index in [1.165, 1.54) is 0 Å². The molecule has 146 valence electrons. The largest absolute Gasteiger partial charge is 0.491 e. The highest BCUT2D eigenvalue weighted by Crippen LogP contribution is 2.28. The summed E-state index contributed by atoms with van der Waals surface area (Å²) in [6.45, 7) is 3.34. The fourth-order valence-electron chi connectivity index (χ4n) is 3.44. The van der Waals surface area contributed by atoms with Crippen LogP contribution < -0.4 is 4.74 Å². The van der Waals surface area contributed by atoms with Gasteiger partial charge in [-0.1, -0.05) is 18.2 Å². The van der Waals surface area contributed by atoms with Crippen LogP contribution in [0, 0.1) is 0 Å². The van der Waals surface area contributed by atoms with E-state index in [0.717, 1.165) is 41.9 Å². The van der Waals surface area contributed by atoms with Crippen LogP contribution in [0.15, 0.2) is 59.0 Å². The van der Waals surface area contributed by atoms with Crippen molar-refractivity contribution < 1.29 is 18.7 Å². The predicted molar refractivity (Wildman–Crippen MR) is 108 cm³/mol. The molecule has 1 aliphatic rings. The van der Waals surface area contributed by atoms with Crippen LogP contribution in [-0.4, -0.2) is 37.2 Å². The van der Waals surface area contributed by atoms with E-state index in [1.54, 1.807) is 24.1 Å². The van der Waals surface area contributed by atoms with Gasteiger partial charge in [0.15, 0.2) is 0 Å². The third-order valence-electron chi connectivity index (χ3n) is 5.32. The lowest BCUT2D eigenvalue weighted by atomic mass is 10.1. The molecule has 0 N–H and O–H groups in total. The van der Waals surface area contributed by atoms with Crippen molar-refractivity contribution in [2.24, 2.45) is 0 Å². The first kappa shape index (κ1) is 18.6. The SMILES string of the molecule is C[C@@H](c1cc2ccccc2o1)N(C)C(=O)c1ccc(OC[C@H]2CCCO2)cc1. The number of carbonyl (C=O) groups is 1. The number of fused-ring (bicyclic) bond motifs is 1. The first-order valence-corrected chi connectivity index (χ1v) is 9.72. The summed E-state index contributed by atoms with van der Waals surface area (Å²) < 4.78 is 17.2. The number of amides is 1. The number of nitrogens with zero attached hydrogens (tertiary/aromatic N) is 1. The molecule has 4 rings (SSSR count). The van der Waals surface area contributed by atoms with Crippen LogP contribution in [-0.2, 0) is 4.74 Å². The molecule has 1 saturated heterocycles. The summed E-state index contributed by atoms with van der Waals surface area (Å²) in [5.74, 6) is 1.47. The Hall–Kier alpha value is -2.79. The summed E-state index contributed by atoms with van der Waals surface area (Å²) in [4.78, 5) is 14.6. The molecular formula is C23H25NO4. The molecule has 3 aromatic rings. The third kappa shape index (κ3) is 3.90. The van der Waals surface area contributed by atoms with Gasteiger partial charge < -0.3 is 18.8 Å². The van der Waals surface area contributed by atoms with Crippen molar-refractivity contribution in [2.75, 3.05) is 20.3 Å². The number of ether oxygens (including phenoxy) is 2. The third-order valence-corrected chi connectivity index (χ3v) is 5.32. The zero-order valence-corrected chi connectivity index (χ0v) is 16.3. The molecule has 0 radical (unpaired) electrons. The fraction of sp³-hybridized carbons (Fsp3) is 0.348. The zero-order chi connectivity index (χ0) is 19.5. The summed E-state index contributed by atoms with van der Waals surface area (Å²) in [6.07, 6.45) is 2.32. The normalized spacial score (nSPS) is 17.6. The topological polar surface area (TPSA) is 51.9 Å². The lowest BCUT2D eigenvalue weighted by Crippen LogP contribution is -2.29. The van der Waals surface area contributed by atoms with Crippen LogP contribution in [0.5, 0.6) is 5.75 Å². The van der Waals surface area contributed by atoms with Crippen molar-refractivity contribution in [3.05, 3.63) is 65.9 Å². The van der Waals surface area contributed by atoms with Crippen molar-refractivity contribution >= 4 is 16.9 Å². The average molecular weight is 379 g/mol. The Bertz CT molecular complexity index is 908. The summed E-state index contributed by atoms with van der Waals surface area (Å²) in [5, 5.41) is 1.04. The minimum absolute atomic E-state index is 0.0568. The van der Waals surface area contributed by atoms with Crippen molar-refractivity contribution in [1.82, 2.24) is 4.90 Å². The smallest absolute Gasteiger partial charge is 0.254 e. The van der Waals surface area contributed by atoms with Gasteiger partial charge in [0.1, 0.15) is 23.7 Å². The molecule has 0 saturated carbocycles. The maximum absolute atomic E-state index is 12.9. The Balaban J connectivity index is 1.40. The highest BCUT2D eigenvalue weighted by Gasteiger charge is 2.22. The van der Waals surface area contributed by atoms with Gasteiger partial charge in [-0.3, -0.25) is 4.79 Å². The highest BCUT2D eigenvalue weighted by molar-refractivity contribution is 5.94. The number of benzene rings is 2. The Morgan fingerprint density at radius 1 is 1.21 bits per heavy atom. The highest BCUT2D eigenvalue weighted by atomic mass is 16.5. The first-order valence-electron chi connectivity index (χ1n) is 9.72. The molecule has 0 aliphatic carbocycles. The van der Waals surface area contributed by atoms with E-state index >= 15 is 0 Å². The number of hydrogen-bond acceptors (Lipinski definition) is 4. The van der Waals surface area contributed by atoms with E-state index in [4.69, 9.17) is 13.9 Å². The quantitative estimate of drug-likeness (QED) is 0.616. The number of rotatable bonds is 6. The van der Waals surface area contributed by atoms with Crippen LogP contribution in [0.2, 0.25) is 0 Å². The van der Waals surface area contributed by atoms with Gasteiger partial charge in [0, 0.05) is 24.6 Å². The van der Waals surface area contributed by atoms with Crippen LogP contribution in [0.1, 0.15) is 41.9 Å². The molecule has 1 amide bonds. The van der Waals surface area contributed by atoms with Crippen molar-refractivity contribution in [1.29, 1.82) is 0 Å². The molecule has 0 spiro atoms. The Kier molecular flexibility index (Phi) is 5.35. The molecule has 2 aromatic carbocycles. The Labute approximate surface area is 164 Å². The predicted octanol–water partition coefficient (Wildman–Crippen LogP) is 4.82. The van der Waals surface area contributed by atoms with E-state index in [1.807, 2.05) is 49.4 Å². The molecule has 1 fully saturated rings. The molecule has 2 atom stereocenters. The second-order valence-electron chi connectivity index (χ2n) is 7.25. The van der Waals surface area contributed by atoms with E-state index in [9.17, 15) is 4.79 Å². The van der Waals surface area contributed by atoms with Crippen molar-refractivity contribution in [2.45, 2.75) is 31.9 Å². The minimum atomic E-state index is -0.171. The second kappa shape index (κ2) is 8.07. The van der Waals surface area contributed by atoms with Gasteiger partial charge in [0.2, 0.25) is 0 Å². The van der Waals surface area contributed by atoms with Crippen LogP contribution >= 0.6 is 0 Å². The summed E-state index contributed by atoms with van der Waals surface area (Å²) in [6, 6.07) is 16.9. The second-order valence-corrected chi connectivity index (χ2v) is 7.25. The van der Waals surface area contributed by atoms with Gasteiger partial charge in [-0.2, -0.15) is 0 Å². The lowest BCUT2D eigenvalue weighted by Gasteiger charge is -2.23. The molecule has 0 unspecified atom stereocenters. The maximum atomic E-state index is 12.9. The average Bonchev–Trinajstić information content (AvgIpc) is 3.40.